The van der Waals surface area contributed by atoms with Crippen molar-refractivity contribution >= 4 is 11.6 Å². The molecule has 0 aliphatic carbocycles. The highest BCUT2D eigenvalue weighted by Crippen LogP contribution is 2.19. The molecule has 0 saturated heterocycles. The van der Waals surface area contributed by atoms with Gasteiger partial charge in [-0.3, -0.25) is 4.79 Å². The predicted octanol–water partition coefficient (Wildman–Crippen LogP) is 5.21. The van der Waals surface area contributed by atoms with E-state index in [2.05, 4.69) is 22.7 Å². The van der Waals surface area contributed by atoms with Crippen molar-refractivity contribution in [1.82, 2.24) is 5.43 Å². The lowest BCUT2D eigenvalue weighted by Gasteiger charge is -2.07. The summed E-state index contributed by atoms with van der Waals surface area (Å²) < 4.78 is 0. The molecule has 0 heterocycles. The van der Waals surface area contributed by atoms with Gasteiger partial charge in [0.1, 0.15) is 0 Å². The van der Waals surface area contributed by atoms with Crippen molar-refractivity contribution in [3.8, 4) is 11.1 Å². The summed E-state index contributed by atoms with van der Waals surface area (Å²) in [5, 5.41) is 4.32. The number of amides is 1. The normalized spacial score (nSPS) is 11.2. The summed E-state index contributed by atoms with van der Waals surface area (Å²) in [5.41, 5.74) is 8.56. The maximum Gasteiger partial charge on any atom is 0.271 e. The average molecular weight is 342 g/mol. The molecule has 3 rings (SSSR count). The van der Waals surface area contributed by atoms with Crippen LogP contribution in [0, 0.1) is 6.92 Å². The van der Waals surface area contributed by atoms with Gasteiger partial charge in [0.15, 0.2) is 0 Å². The standard InChI is InChI=1S/C23H22N2O/c1-3-22(20-11-9-17(2)10-12-20)24-25-23(26)21-15-13-19(14-16-21)18-7-5-4-6-8-18/h4-16H,3H2,1-2H3,(H,25,26). The molecule has 1 N–H and O–H groups in total. The fourth-order valence-corrected chi connectivity index (χ4v) is 2.72. The first-order valence-electron chi connectivity index (χ1n) is 8.77. The van der Waals surface area contributed by atoms with Crippen LogP contribution in [0.25, 0.3) is 11.1 Å². The van der Waals surface area contributed by atoms with Crippen molar-refractivity contribution in [3.63, 3.8) is 0 Å². The van der Waals surface area contributed by atoms with Crippen LogP contribution in [0.4, 0.5) is 0 Å². The third kappa shape index (κ3) is 4.25. The van der Waals surface area contributed by atoms with Crippen molar-refractivity contribution in [2.24, 2.45) is 5.10 Å². The molecule has 0 atom stereocenters. The van der Waals surface area contributed by atoms with Crippen molar-refractivity contribution < 1.29 is 4.79 Å². The second-order valence-electron chi connectivity index (χ2n) is 6.16. The molecule has 130 valence electrons. The summed E-state index contributed by atoms with van der Waals surface area (Å²) in [6, 6.07) is 25.8. The molecule has 0 bridgehead atoms. The monoisotopic (exact) mass is 342 g/mol. The smallest absolute Gasteiger partial charge is 0.267 e. The van der Waals surface area contributed by atoms with Crippen LogP contribution in [0.3, 0.4) is 0 Å². The van der Waals surface area contributed by atoms with Crippen LogP contribution < -0.4 is 5.43 Å². The van der Waals surface area contributed by atoms with E-state index in [1.54, 1.807) is 0 Å². The van der Waals surface area contributed by atoms with Crippen LogP contribution in [0.1, 0.15) is 34.8 Å². The lowest BCUT2D eigenvalue weighted by atomic mass is 10.0. The predicted molar refractivity (Wildman–Crippen MR) is 107 cm³/mol. The van der Waals surface area contributed by atoms with E-state index in [9.17, 15) is 4.79 Å². The van der Waals surface area contributed by atoms with E-state index in [4.69, 9.17) is 0 Å². The molecule has 0 aliphatic heterocycles. The molecule has 0 unspecified atom stereocenters. The van der Waals surface area contributed by atoms with Crippen LogP contribution in [-0.4, -0.2) is 11.6 Å². The Labute approximate surface area is 154 Å². The molecule has 3 heteroatoms. The molecule has 3 aromatic carbocycles. The molecule has 26 heavy (non-hydrogen) atoms. The largest absolute Gasteiger partial charge is 0.271 e. The molecule has 0 spiro atoms. The van der Waals surface area contributed by atoms with Gasteiger partial charge < -0.3 is 0 Å². The van der Waals surface area contributed by atoms with Gasteiger partial charge >= 0.3 is 0 Å². The van der Waals surface area contributed by atoms with Gasteiger partial charge in [-0.25, -0.2) is 5.43 Å². The molecular weight excluding hydrogens is 320 g/mol. The maximum absolute atomic E-state index is 12.4. The van der Waals surface area contributed by atoms with Crippen LogP contribution in [0.15, 0.2) is 84.0 Å². The molecule has 1 amide bonds. The summed E-state index contributed by atoms with van der Waals surface area (Å²) in [4.78, 5) is 12.4. The van der Waals surface area contributed by atoms with Gasteiger partial charge in [-0.15, -0.1) is 0 Å². The number of nitrogens with one attached hydrogen (secondary N) is 1. The first kappa shape index (κ1) is 17.6. The van der Waals surface area contributed by atoms with Crippen molar-refractivity contribution in [3.05, 3.63) is 95.6 Å². The number of hydrogen-bond donors (Lipinski definition) is 1. The number of rotatable bonds is 5. The molecule has 0 radical (unpaired) electrons. The summed E-state index contributed by atoms with van der Waals surface area (Å²) in [6.45, 7) is 4.08. The Morgan fingerprint density at radius 2 is 1.38 bits per heavy atom. The number of carbonyl (C=O) groups is 1. The molecule has 0 aliphatic rings. The zero-order valence-corrected chi connectivity index (χ0v) is 15.1. The zero-order chi connectivity index (χ0) is 18.4. The minimum absolute atomic E-state index is 0.206. The van der Waals surface area contributed by atoms with Crippen molar-refractivity contribution in [1.29, 1.82) is 0 Å². The van der Waals surface area contributed by atoms with Crippen LogP contribution >= 0.6 is 0 Å². The van der Waals surface area contributed by atoms with Crippen LogP contribution in [0.2, 0.25) is 0 Å². The topological polar surface area (TPSA) is 41.5 Å². The Bertz CT molecular complexity index is 895. The molecular formula is C23H22N2O. The fourth-order valence-electron chi connectivity index (χ4n) is 2.72. The first-order valence-corrected chi connectivity index (χ1v) is 8.77. The van der Waals surface area contributed by atoms with E-state index in [0.717, 1.165) is 28.8 Å². The van der Waals surface area contributed by atoms with Crippen molar-refractivity contribution in [2.75, 3.05) is 0 Å². The number of hydrogen-bond acceptors (Lipinski definition) is 2. The highest BCUT2D eigenvalue weighted by atomic mass is 16.2. The first-order chi connectivity index (χ1) is 12.7. The van der Waals surface area contributed by atoms with E-state index in [1.807, 2.05) is 80.6 Å². The lowest BCUT2D eigenvalue weighted by molar-refractivity contribution is 0.0955. The highest BCUT2D eigenvalue weighted by Gasteiger charge is 2.07. The Kier molecular flexibility index (Phi) is 5.59. The minimum atomic E-state index is -0.206. The lowest BCUT2D eigenvalue weighted by Crippen LogP contribution is -2.19. The third-order valence-corrected chi connectivity index (χ3v) is 4.27. The second-order valence-corrected chi connectivity index (χ2v) is 6.16. The van der Waals surface area contributed by atoms with E-state index in [0.29, 0.717) is 5.56 Å². The summed E-state index contributed by atoms with van der Waals surface area (Å²) in [7, 11) is 0. The van der Waals surface area contributed by atoms with Gasteiger partial charge in [-0.2, -0.15) is 5.10 Å². The number of benzene rings is 3. The maximum atomic E-state index is 12.4. The Morgan fingerprint density at radius 1 is 0.808 bits per heavy atom. The van der Waals surface area contributed by atoms with E-state index >= 15 is 0 Å². The summed E-state index contributed by atoms with van der Waals surface area (Å²) in [5.74, 6) is -0.206. The molecule has 0 saturated carbocycles. The molecule has 3 nitrogen and oxygen atoms in total. The number of carbonyl (C=O) groups excluding carboxylic acids is 1. The second kappa shape index (κ2) is 8.26. The molecule has 0 aromatic heterocycles. The van der Waals surface area contributed by atoms with E-state index in [1.165, 1.54) is 5.56 Å². The van der Waals surface area contributed by atoms with Gasteiger partial charge in [0.2, 0.25) is 0 Å². The quantitative estimate of drug-likeness (QED) is 0.502. The molecule has 0 fully saturated rings. The van der Waals surface area contributed by atoms with Gasteiger partial charge in [0.05, 0.1) is 5.71 Å². The average Bonchev–Trinajstić information content (AvgIpc) is 2.70. The number of aryl methyl sites for hydroxylation is 1. The van der Waals surface area contributed by atoms with Crippen LogP contribution in [-0.2, 0) is 0 Å². The van der Waals surface area contributed by atoms with Gasteiger partial charge in [-0.05, 0) is 42.2 Å². The van der Waals surface area contributed by atoms with E-state index < -0.39 is 0 Å². The van der Waals surface area contributed by atoms with Crippen molar-refractivity contribution in [2.45, 2.75) is 20.3 Å². The van der Waals surface area contributed by atoms with E-state index in [-0.39, 0.29) is 5.91 Å². The minimum Gasteiger partial charge on any atom is -0.267 e. The Hall–Kier alpha value is -3.20. The Balaban J connectivity index is 1.72. The zero-order valence-electron chi connectivity index (χ0n) is 15.1. The fraction of sp³-hybridized carbons (Fsp3) is 0.130. The van der Waals surface area contributed by atoms with Crippen LogP contribution in [0.5, 0.6) is 0 Å². The third-order valence-electron chi connectivity index (χ3n) is 4.27. The SMILES string of the molecule is CCC(=NNC(=O)c1ccc(-c2ccccc2)cc1)c1ccc(C)cc1. The highest BCUT2D eigenvalue weighted by molar-refractivity contribution is 6.02. The number of nitrogens with zero attached hydrogens (tertiary/aromatic N) is 1. The van der Waals surface area contributed by atoms with Gasteiger partial charge in [0, 0.05) is 5.56 Å². The summed E-state index contributed by atoms with van der Waals surface area (Å²) >= 11 is 0. The molecule has 3 aromatic rings. The van der Waals surface area contributed by atoms with Gasteiger partial charge in [0.25, 0.3) is 5.91 Å². The Morgan fingerprint density at radius 3 is 2.00 bits per heavy atom. The van der Waals surface area contributed by atoms with Gasteiger partial charge in [-0.1, -0.05) is 79.2 Å². The summed E-state index contributed by atoms with van der Waals surface area (Å²) in [6.07, 6.45) is 0.746. The number of hydrazone groups is 1.